The van der Waals surface area contributed by atoms with Gasteiger partial charge in [-0.2, -0.15) is 5.10 Å². The van der Waals surface area contributed by atoms with Gasteiger partial charge in [-0.05, 0) is 45.3 Å². The average Bonchev–Trinajstić information content (AvgIpc) is 2.74. The van der Waals surface area contributed by atoms with Crippen LogP contribution in [0.25, 0.3) is 0 Å². The molecule has 0 aromatic carbocycles. The molecule has 17 heavy (non-hydrogen) atoms. The molecule has 0 bridgehead atoms. The smallest absolute Gasteiger partial charge is 0.107 e. The van der Waals surface area contributed by atoms with Crippen molar-refractivity contribution in [3.63, 3.8) is 0 Å². The second-order valence-electron chi connectivity index (χ2n) is 4.85. The highest BCUT2D eigenvalue weighted by atomic mass is 16.3. The van der Waals surface area contributed by atoms with E-state index in [1.807, 2.05) is 10.7 Å². The summed E-state index contributed by atoms with van der Waals surface area (Å²) in [5.74, 6) is 0. The summed E-state index contributed by atoms with van der Waals surface area (Å²) in [4.78, 5) is 2.41. The lowest BCUT2D eigenvalue weighted by molar-refractivity contribution is 0.0127. The third kappa shape index (κ3) is 2.53. The van der Waals surface area contributed by atoms with Gasteiger partial charge in [-0.3, -0.25) is 4.68 Å². The van der Waals surface area contributed by atoms with Gasteiger partial charge >= 0.3 is 0 Å². The van der Waals surface area contributed by atoms with E-state index in [0.717, 1.165) is 51.1 Å². The van der Waals surface area contributed by atoms with Gasteiger partial charge in [0.15, 0.2) is 0 Å². The van der Waals surface area contributed by atoms with Crippen LogP contribution in [0, 0.1) is 0 Å². The quantitative estimate of drug-likeness (QED) is 0.868. The van der Waals surface area contributed by atoms with E-state index in [0.29, 0.717) is 0 Å². The first kappa shape index (κ1) is 12.6. The van der Waals surface area contributed by atoms with Crippen LogP contribution in [-0.4, -0.2) is 39.4 Å². The molecule has 96 valence electrons. The fraction of sp³-hybridized carbons (Fsp3) is 0.769. The van der Waals surface area contributed by atoms with E-state index in [2.05, 4.69) is 23.8 Å². The Morgan fingerprint density at radius 2 is 2.12 bits per heavy atom. The van der Waals surface area contributed by atoms with Gasteiger partial charge in [-0.25, -0.2) is 0 Å². The number of hydrogen-bond donors (Lipinski definition) is 1. The molecular formula is C13H23N3O. The second kappa shape index (κ2) is 5.19. The highest BCUT2D eigenvalue weighted by Gasteiger charge is 2.34. The van der Waals surface area contributed by atoms with Crippen LogP contribution in [0.2, 0.25) is 0 Å². The van der Waals surface area contributed by atoms with Gasteiger partial charge in [0, 0.05) is 19.3 Å². The average molecular weight is 237 g/mol. The maximum Gasteiger partial charge on any atom is 0.107 e. The molecule has 0 radical (unpaired) electrons. The van der Waals surface area contributed by atoms with E-state index < -0.39 is 5.60 Å². The Morgan fingerprint density at radius 3 is 2.82 bits per heavy atom. The van der Waals surface area contributed by atoms with Gasteiger partial charge in [0.2, 0.25) is 0 Å². The molecule has 2 heterocycles. The minimum Gasteiger partial charge on any atom is -0.384 e. The van der Waals surface area contributed by atoms with Crippen molar-refractivity contribution in [2.75, 3.05) is 19.6 Å². The van der Waals surface area contributed by atoms with Gasteiger partial charge in [0.05, 0.1) is 5.69 Å². The van der Waals surface area contributed by atoms with Crippen molar-refractivity contribution in [3.8, 4) is 0 Å². The molecule has 1 aromatic rings. The highest BCUT2D eigenvalue weighted by molar-refractivity contribution is 5.12. The van der Waals surface area contributed by atoms with Crippen LogP contribution in [-0.2, 0) is 12.1 Å². The van der Waals surface area contributed by atoms with Crippen LogP contribution in [0.3, 0.4) is 0 Å². The molecule has 4 nitrogen and oxygen atoms in total. The Kier molecular flexibility index (Phi) is 3.84. The summed E-state index contributed by atoms with van der Waals surface area (Å²) in [6.45, 7) is 8.21. The third-order valence-electron chi connectivity index (χ3n) is 3.85. The molecule has 1 unspecified atom stereocenters. The number of nitrogens with zero attached hydrogens (tertiary/aromatic N) is 3. The predicted molar refractivity (Wildman–Crippen MR) is 67.8 cm³/mol. The van der Waals surface area contributed by atoms with Crippen LogP contribution < -0.4 is 0 Å². The summed E-state index contributed by atoms with van der Waals surface area (Å²) in [6.07, 6.45) is 4.50. The molecular weight excluding hydrogens is 214 g/mol. The summed E-state index contributed by atoms with van der Waals surface area (Å²) < 4.78 is 1.92. The molecule has 0 saturated carbocycles. The third-order valence-corrected chi connectivity index (χ3v) is 3.85. The Bertz CT molecular complexity index is 363. The number of aliphatic hydroxyl groups is 1. The topological polar surface area (TPSA) is 41.3 Å². The number of aryl methyl sites for hydroxylation is 1. The van der Waals surface area contributed by atoms with Crippen molar-refractivity contribution in [3.05, 3.63) is 18.0 Å². The van der Waals surface area contributed by atoms with Crippen LogP contribution in [0.4, 0.5) is 0 Å². The van der Waals surface area contributed by atoms with E-state index in [4.69, 9.17) is 0 Å². The van der Waals surface area contributed by atoms with Crippen molar-refractivity contribution in [2.24, 2.45) is 0 Å². The number of rotatable bonds is 3. The predicted octanol–water partition coefficient (Wildman–Crippen LogP) is 1.60. The largest absolute Gasteiger partial charge is 0.384 e. The van der Waals surface area contributed by atoms with E-state index in [9.17, 15) is 5.11 Å². The molecule has 1 aromatic heterocycles. The minimum absolute atomic E-state index is 0.684. The van der Waals surface area contributed by atoms with E-state index in [1.54, 1.807) is 6.20 Å². The fourth-order valence-corrected chi connectivity index (χ4v) is 2.73. The van der Waals surface area contributed by atoms with Gasteiger partial charge < -0.3 is 10.0 Å². The first-order chi connectivity index (χ1) is 8.19. The van der Waals surface area contributed by atoms with Crippen LogP contribution in [0.1, 0.15) is 38.8 Å². The molecule has 0 spiro atoms. The second-order valence-corrected chi connectivity index (χ2v) is 4.85. The molecule has 1 fully saturated rings. The molecule has 1 saturated heterocycles. The molecule has 1 aliphatic rings. The lowest BCUT2D eigenvalue weighted by Gasteiger charge is -2.27. The Labute approximate surface area is 103 Å². The normalized spacial score (nSPS) is 27.0. The first-order valence-corrected chi connectivity index (χ1v) is 6.66. The van der Waals surface area contributed by atoms with Crippen LogP contribution >= 0.6 is 0 Å². The maximum atomic E-state index is 10.8. The molecule has 1 atom stereocenters. The monoisotopic (exact) mass is 237 g/mol. The standard InChI is InChI=1S/C13H23N3O/c1-3-15-10-5-7-13(17,8-11-15)12-6-9-14-16(12)4-2/h6,9,17H,3-5,7-8,10-11H2,1-2H3. The Balaban J connectivity index is 2.18. The zero-order valence-electron chi connectivity index (χ0n) is 10.9. The highest BCUT2D eigenvalue weighted by Crippen LogP contribution is 2.32. The van der Waals surface area contributed by atoms with Crippen molar-refractivity contribution < 1.29 is 5.11 Å². The Hall–Kier alpha value is -0.870. The number of aromatic nitrogens is 2. The number of hydrogen-bond acceptors (Lipinski definition) is 3. The minimum atomic E-state index is -0.684. The van der Waals surface area contributed by atoms with Crippen molar-refractivity contribution in [2.45, 2.75) is 45.3 Å². The zero-order valence-corrected chi connectivity index (χ0v) is 10.9. The summed E-state index contributed by atoms with van der Waals surface area (Å²) >= 11 is 0. The molecule has 0 aliphatic carbocycles. The summed E-state index contributed by atoms with van der Waals surface area (Å²) in [5, 5.41) is 15.1. The van der Waals surface area contributed by atoms with Crippen molar-refractivity contribution in [1.82, 2.24) is 14.7 Å². The van der Waals surface area contributed by atoms with Crippen molar-refractivity contribution >= 4 is 0 Å². The SMILES string of the molecule is CCN1CCCC(O)(c2ccnn2CC)CC1. The van der Waals surface area contributed by atoms with Gasteiger partial charge in [-0.1, -0.05) is 6.92 Å². The van der Waals surface area contributed by atoms with E-state index in [1.165, 1.54) is 0 Å². The zero-order chi connectivity index (χ0) is 12.3. The van der Waals surface area contributed by atoms with Crippen LogP contribution in [0.5, 0.6) is 0 Å². The van der Waals surface area contributed by atoms with Crippen LogP contribution in [0.15, 0.2) is 12.3 Å². The van der Waals surface area contributed by atoms with E-state index in [-0.39, 0.29) is 0 Å². The maximum absolute atomic E-state index is 10.8. The van der Waals surface area contributed by atoms with Crippen molar-refractivity contribution in [1.29, 1.82) is 0 Å². The van der Waals surface area contributed by atoms with E-state index >= 15 is 0 Å². The summed E-state index contributed by atoms with van der Waals surface area (Å²) in [7, 11) is 0. The fourth-order valence-electron chi connectivity index (χ4n) is 2.73. The first-order valence-electron chi connectivity index (χ1n) is 6.66. The van der Waals surface area contributed by atoms with Gasteiger partial charge in [0.1, 0.15) is 5.60 Å². The molecule has 4 heteroatoms. The summed E-state index contributed by atoms with van der Waals surface area (Å²) in [5.41, 5.74) is 0.300. The molecule has 1 aliphatic heterocycles. The summed E-state index contributed by atoms with van der Waals surface area (Å²) in [6, 6.07) is 1.96. The van der Waals surface area contributed by atoms with Gasteiger partial charge in [0.25, 0.3) is 0 Å². The number of likely N-dealkylation sites (tertiary alicyclic amines) is 1. The lowest BCUT2D eigenvalue weighted by Crippen LogP contribution is -2.31. The molecule has 0 amide bonds. The van der Waals surface area contributed by atoms with Gasteiger partial charge in [-0.15, -0.1) is 0 Å². The molecule has 1 N–H and O–H groups in total. The molecule has 2 rings (SSSR count). The lowest BCUT2D eigenvalue weighted by atomic mass is 9.91. The Morgan fingerprint density at radius 1 is 1.29 bits per heavy atom.